The molecule has 0 saturated heterocycles. The number of amides is 1. The Bertz CT molecular complexity index is 629. The second-order valence-corrected chi connectivity index (χ2v) is 4.89. The van der Waals surface area contributed by atoms with Gasteiger partial charge in [0, 0.05) is 24.6 Å². The van der Waals surface area contributed by atoms with Gasteiger partial charge in [-0.25, -0.2) is 4.98 Å². The van der Waals surface area contributed by atoms with Crippen LogP contribution in [0.25, 0.3) is 0 Å². The number of hydrogen-bond acceptors (Lipinski definition) is 3. The van der Waals surface area contributed by atoms with E-state index in [1.54, 1.807) is 30.5 Å². The van der Waals surface area contributed by atoms with Crippen LogP contribution in [0.3, 0.4) is 0 Å². The quantitative estimate of drug-likeness (QED) is 0.653. The molecule has 1 aromatic heterocycles. The molecule has 4 nitrogen and oxygen atoms in total. The SMILES string of the molecule is O=C(CCCC(=O)c1ccccc1)Nc1cccnc1Cl. The Hall–Kier alpha value is -2.20. The summed E-state index contributed by atoms with van der Waals surface area (Å²) < 4.78 is 0. The number of halogens is 1. The molecule has 1 heterocycles. The molecule has 0 unspecified atom stereocenters. The van der Waals surface area contributed by atoms with Gasteiger partial charge in [0.05, 0.1) is 5.69 Å². The van der Waals surface area contributed by atoms with E-state index in [9.17, 15) is 9.59 Å². The fourth-order valence-corrected chi connectivity index (χ4v) is 2.04. The van der Waals surface area contributed by atoms with Crippen molar-refractivity contribution < 1.29 is 9.59 Å². The summed E-state index contributed by atoms with van der Waals surface area (Å²) in [5.74, 6) is -0.131. The number of pyridine rings is 1. The van der Waals surface area contributed by atoms with Crippen molar-refractivity contribution in [2.75, 3.05) is 5.32 Å². The number of hydrogen-bond donors (Lipinski definition) is 1. The number of Topliss-reactive ketones (excluding diaryl/α,β-unsaturated/α-hetero) is 1. The van der Waals surface area contributed by atoms with Gasteiger partial charge in [0.15, 0.2) is 10.9 Å². The lowest BCUT2D eigenvalue weighted by Gasteiger charge is -2.06. The lowest BCUT2D eigenvalue weighted by Crippen LogP contribution is -2.12. The third-order valence-corrected chi connectivity index (χ3v) is 3.24. The number of nitrogens with one attached hydrogen (secondary N) is 1. The molecule has 0 bridgehead atoms. The lowest BCUT2D eigenvalue weighted by atomic mass is 10.1. The molecule has 5 heteroatoms. The molecule has 0 spiro atoms. The van der Waals surface area contributed by atoms with Crippen molar-refractivity contribution in [1.29, 1.82) is 0 Å². The molecule has 108 valence electrons. The summed E-state index contributed by atoms with van der Waals surface area (Å²) in [6, 6.07) is 12.4. The highest BCUT2D eigenvalue weighted by Crippen LogP contribution is 2.18. The van der Waals surface area contributed by atoms with Crippen molar-refractivity contribution in [3.05, 3.63) is 59.4 Å². The van der Waals surface area contributed by atoms with Gasteiger partial charge < -0.3 is 5.32 Å². The third kappa shape index (κ3) is 4.68. The molecule has 0 radical (unpaired) electrons. The van der Waals surface area contributed by atoms with E-state index in [2.05, 4.69) is 10.3 Å². The molecule has 1 N–H and O–H groups in total. The molecular formula is C16H15ClN2O2. The van der Waals surface area contributed by atoms with Gasteiger partial charge in [-0.3, -0.25) is 9.59 Å². The van der Waals surface area contributed by atoms with Crippen LogP contribution in [0.5, 0.6) is 0 Å². The van der Waals surface area contributed by atoms with E-state index < -0.39 is 0 Å². The van der Waals surface area contributed by atoms with Crippen molar-refractivity contribution in [3.63, 3.8) is 0 Å². The minimum absolute atomic E-state index is 0.0443. The van der Waals surface area contributed by atoms with E-state index in [1.807, 2.05) is 18.2 Å². The van der Waals surface area contributed by atoms with E-state index >= 15 is 0 Å². The van der Waals surface area contributed by atoms with Crippen LogP contribution >= 0.6 is 11.6 Å². The Labute approximate surface area is 128 Å². The Balaban J connectivity index is 1.77. The zero-order valence-electron chi connectivity index (χ0n) is 11.4. The van der Waals surface area contributed by atoms with Crippen LogP contribution in [0.4, 0.5) is 5.69 Å². The Morgan fingerprint density at radius 1 is 1.05 bits per heavy atom. The molecule has 0 aliphatic carbocycles. The monoisotopic (exact) mass is 302 g/mol. The number of rotatable bonds is 6. The molecule has 21 heavy (non-hydrogen) atoms. The molecule has 1 amide bonds. The second-order valence-electron chi connectivity index (χ2n) is 4.53. The maximum absolute atomic E-state index is 11.9. The zero-order valence-corrected chi connectivity index (χ0v) is 12.1. The number of carbonyl (C=O) groups excluding carboxylic acids is 2. The van der Waals surface area contributed by atoms with Crippen LogP contribution < -0.4 is 5.32 Å². The Morgan fingerprint density at radius 3 is 2.52 bits per heavy atom. The van der Waals surface area contributed by atoms with Gasteiger partial charge in [0.25, 0.3) is 0 Å². The van der Waals surface area contributed by atoms with Crippen LogP contribution in [0.1, 0.15) is 29.6 Å². The predicted octanol–water partition coefficient (Wildman–Crippen LogP) is 3.73. The summed E-state index contributed by atoms with van der Waals surface area (Å²) in [5.41, 5.74) is 1.16. The molecule has 0 aliphatic rings. The van der Waals surface area contributed by atoms with E-state index in [0.717, 1.165) is 0 Å². The summed E-state index contributed by atoms with van der Waals surface area (Å²) in [6.07, 6.45) is 2.66. The van der Waals surface area contributed by atoms with Crippen LogP contribution in [0.15, 0.2) is 48.7 Å². The van der Waals surface area contributed by atoms with Gasteiger partial charge >= 0.3 is 0 Å². The summed E-state index contributed by atoms with van der Waals surface area (Å²) >= 11 is 5.85. The first-order chi connectivity index (χ1) is 10.2. The summed E-state index contributed by atoms with van der Waals surface area (Å²) in [5, 5.41) is 2.93. The van der Waals surface area contributed by atoms with Gasteiger partial charge in [0.1, 0.15) is 0 Å². The smallest absolute Gasteiger partial charge is 0.224 e. The number of ketones is 1. The minimum Gasteiger partial charge on any atom is -0.323 e. The van der Waals surface area contributed by atoms with Gasteiger partial charge in [-0.1, -0.05) is 41.9 Å². The van der Waals surface area contributed by atoms with Crippen molar-refractivity contribution in [2.24, 2.45) is 0 Å². The molecular weight excluding hydrogens is 288 g/mol. The number of benzene rings is 1. The molecule has 0 fully saturated rings. The molecule has 2 aromatic rings. The topological polar surface area (TPSA) is 59.1 Å². The Kier molecular flexibility index (Phi) is 5.46. The molecule has 0 saturated carbocycles. The van der Waals surface area contributed by atoms with Crippen LogP contribution in [-0.4, -0.2) is 16.7 Å². The van der Waals surface area contributed by atoms with E-state index in [4.69, 9.17) is 11.6 Å². The van der Waals surface area contributed by atoms with E-state index in [-0.39, 0.29) is 23.3 Å². The molecule has 2 rings (SSSR count). The number of carbonyl (C=O) groups is 2. The fourth-order valence-electron chi connectivity index (χ4n) is 1.87. The summed E-state index contributed by atoms with van der Waals surface area (Å²) in [6.45, 7) is 0. The largest absolute Gasteiger partial charge is 0.323 e. The second kappa shape index (κ2) is 7.55. The highest BCUT2D eigenvalue weighted by atomic mass is 35.5. The summed E-state index contributed by atoms with van der Waals surface area (Å²) in [7, 11) is 0. The van der Waals surface area contributed by atoms with E-state index in [1.165, 1.54) is 0 Å². The first-order valence-electron chi connectivity index (χ1n) is 6.65. The standard InChI is InChI=1S/C16H15ClN2O2/c17-16-13(8-5-11-18-16)19-15(21)10-4-9-14(20)12-6-2-1-3-7-12/h1-3,5-8,11H,4,9-10H2,(H,19,21). The first kappa shape index (κ1) is 15.2. The van der Waals surface area contributed by atoms with Crippen LogP contribution in [0.2, 0.25) is 5.15 Å². The minimum atomic E-state index is -0.175. The van der Waals surface area contributed by atoms with Crippen molar-refractivity contribution in [2.45, 2.75) is 19.3 Å². The average molecular weight is 303 g/mol. The van der Waals surface area contributed by atoms with E-state index in [0.29, 0.717) is 24.1 Å². The van der Waals surface area contributed by atoms with Crippen molar-refractivity contribution >= 4 is 29.0 Å². The average Bonchev–Trinajstić information content (AvgIpc) is 2.50. The zero-order chi connectivity index (χ0) is 15.1. The maximum Gasteiger partial charge on any atom is 0.224 e. The maximum atomic E-state index is 11.9. The predicted molar refractivity (Wildman–Crippen MR) is 82.5 cm³/mol. The Morgan fingerprint density at radius 2 is 1.81 bits per heavy atom. The normalized spacial score (nSPS) is 10.1. The molecule has 1 aromatic carbocycles. The molecule has 0 atom stereocenters. The van der Waals surface area contributed by atoms with Gasteiger partial charge in [-0.15, -0.1) is 0 Å². The van der Waals surface area contributed by atoms with Crippen molar-refractivity contribution in [1.82, 2.24) is 4.98 Å². The highest BCUT2D eigenvalue weighted by Gasteiger charge is 2.09. The summed E-state index contributed by atoms with van der Waals surface area (Å²) in [4.78, 5) is 27.5. The molecule has 0 aliphatic heterocycles. The number of aromatic nitrogens is 1. The third-order valence-electron chi connectivity index (χ3n) is 2.94. The lowest BCUT2D eigenvalue weighted by molar-refractivity contribution is -0.116. The first-order valence-corrected chi connectivity index (χ1v) is 7.03. The fraction of sp³-hybridized carbons (Fsp3) is 0.188. The van der Waals surface area contributed by atoms with Gasteiger partial charge in [0.2, 0.25) is 5.91 Å². The number of anilines is 1. The van der Waals surface area contributed by atoms with Crippen LogP contribution in [-0.2, 0) is 4.79 Å². The van der Waals surface area contributed by atoms with Gasteiger partial charge in [-0.05, 0) is 18.6 Å². The van der Waals surface area contributed by atoms with Crippen LogP contribution in [0, 0.1) is 0 Å². The highest BCUT2D eigenvalue weighted by molar-refractivity contribution is 6.32. The number of nitrogens with zero attached hydrogens (tertiary/aromatic N) is 1. The van der Waals surface area contributed by atoms with Crippen molar-refractivity contribution in [3.8, 4) is 0 Å². The van der Waals surface area contributed by atoms with Gasteiger partial charge in [-0.2, -0.15) is 0 Å².